The van der Waals surface area contributed by atoms with E-state index in [4.69, 9.17) is 9.47 Å². The van der Waals surface area contributed by atoms with Crippen LogP contribution in [0.5, 0.6) is 0 Å². The normalized spacial score (nSPS) is 10.9. The zero-order chi connectivity index (χ0) is 24.9. The molecule has 0 fully saturated rings. The second-order valence-electron chi connectivity index (χ2n) is 9.46. The molecule has 0 amide bonds. The van der Waals surface area contributed by atoms with Crippen molar-refractivity contribution in [2.45, 2.75) is 130 Å². The predicted octanol–water partition coefficient (Wildman–Crippen LogP) is 8.84. The highest BCUT2D eigenvalue weighted by molar-refractivity contribution is 6.04. The number of unbranched alkanes of at least 4 members (excludes halogenated alkanes) is 13. The summed E-state index contributed by atoms with van der Waals surface area (Å²) in [6.45, 7) is 7.38. The van der Waals surface area contributed by atoms with Crippen LogP contribution in [0.4, 0.5) is 0 Å². The number of ether oxygens (including phenoxy) is 2. The Balaban J connectivity index is 2.75. The standard InChI is InChI=1S/C30H50O4/c1-4-7-10-13-15-17-21-26-22-20-23-27(28(26)30(32)34-25-18-12-9-6-3)29(31)33-24-19-16-14-11-8-5-2/h20,22-23H,4-19,21,24-25H2,1-3H3. The quantitative estimate of drug-likeness (QED) is 0.132. The number of carbonyl (C=O) groups excluding carboxylic acids is 2. The largest absolute Gasteiger partial charge is 0.462 e. The van der Waals surface area contributed by atoms with Gasteiger partial charge in [0.05, 0.1) is 24.3 Å². The Morgan fingerprint density at radius 2 is 1.06 bits per heavy atom. The smallest absolute Gasteiger partial charge is 0.339 e. The second kappa shape index (κ2) is 20.5. The van der Waals surface area contributed by atoms with Crippen molar-refractivity contribution in [3.8, 4) is 0 Å². The minimum absolute atomic E-state index is 0.355. The molecule has 4 heteroatoms. The van der Waals surface area contributed by atoms with E-state index in [0.717, 1.165) is 63.4 Å². The summed E-state index contributed by atoms with van der Waals surface area (Å²) in [6.07, 6.45) is 18.9. The zero-order valence-electron chi connectivity index (χ0n) is 22.3. The Kier molecular flexibility index (Phi) is 18.2. The van der Waals surface area contributed by atoms with Gasteiger partial charge in [-0.2, -0.15) is 0 Å². The first-order valence-corrected chi connectivity index (χ1v) is 14.1. The summed E-state index contributed by atoms with van der Waals surface area (Å²) in [6, 6.07) is 5.54. The number of carbonyl (C=O) groups is 2. The summed E-state index contributed by atoms with van der Waals surface area (Å²) in [5, 5.41) is 0. The third-order valence-corrected chi connectivity index (χ3v) is 6.34. The molecule has 0 heterocycles. The van der Waals surface area contributed by atoms with Crippen molar-refractivity contribution >= 4 is 11.9 Å². The molecule has 0 spiro atoms. The summed E-state index contributed by atoms with van der Waals surface area (Å²) in [7, 11) is 0. The third kappa shape index (κ3) is 13.2. The van der Waals surface area contributed by atoms with Gasteiger partial charge in [0.2, 0.25) is 0 Å². The second-order valence-corrected chi connectivity index (χ2v) is 9.46. The molecule has 0 bridgehead atoms. The molecular weight excluding hydrogens is 424 g/mol. The van der Waals surface area contributed by atoms with E-state index in [1.54, 1.807) is 6.07 Å². The van der Waals surface area contributed by atoms with Gasteiger partial charge < -0.3 is 9.47 Å². The van der Waals surface area contributed by atoms with Gasteiger partial charge in [0.25, 0.3) is 0 Å². The lowest BCUT2D eigenvalue weighted by molar-refractivity contribution is 0.0449. The van der Waals surface area contributed by atoms with E-state index < -0.39 is 5.97 Å². The van der Waals surface area contributed by atoms with Crippen LogP contribution in [0.15, 0.2) is 18.2 Å². The van der Waals surface area contributed by atoms with Crippen molar-refractivity contribution in [3.63, 3.8) is 0 Å². The van der Waals surface area contributed by atoms with Crippen LogP contribution < -0.4 is 0 Å². The van der Waals surface area contributed by atoms with Gasteiger partial charge in [0.1, 0.15) is 0 Å². The molecule has 0 aliphatic rings. The van der Waals surface area contributed by atoms with Gasteiger partial charge in [-0.3, -0.25) is 0 Å². The van der Waals surface area contributed by atoms with Crippen LogP contribution in [0.2, 0.25) is 0 Å². The van der Waals surface area contributed by atoms with Crippen LogP contribution in [0.25, 0.3) is 0 Å². The summed E-state index contributed by atoms with van der Waals surface area (Å²) in [5.74, 6) is -0.791. The van der Waals surface area contributed by atoms with Crippen LogP contribution in [0.3, 0.4) is 0 Å². The Labute approximate surface area is 209 Å². The molecule has 1 aromatic rings. The fourth-order valence-electron chi connectivity index (χ4n) is 4.21. The lowest BCUT2D eigenvalue weighted by atomic mass is 9.96. The highest BCUT2D eigenvalue weighted by Gasteiger charge is 2.23. The zero-order valence-corrected chi connectivity index (χ0v) is 22.3. The van der Waals surface area contributed by atoms with Crippen LogP contribution >= 0.6 is 0 Å². The molecule has 0 saturated carbocycles. The Bertz CT molecular complexity index is 668. The predicted molar refractivity (Wildman–Crippen MR) is 142 cm³/mol. The summed E-state index contributed by atoms with van der Waals surface area (Å²) in [4.78, 5) is 25.9. The number of hydrogen-bond acceptors (Lipinski definition) is 4. The van der Waals surface area contributed by atoms with Gasteiger partial charge in [-0.25, -0.2) is 9.59 Å². The van der Waals surface area contributed by atoms with Gasteiger partial charge in [0, 0.05) is 0 Å². The number of aryl methyl sites for hydroxylation is 1. The van der Waals surface area contributed by atoms with E-state index in [2.05, 4.69) is 20.8 Å². The fraction of sp³-hybridized carbons (Fsp3) is 0.733. The van der Waals surface area contributed by atoms with E-state index in [1.165, 1.54) is 51.4 Å². The molecule has 0 N–H and O–H groups in total. The van der Waals surface area contributed by atoms with Crippen molar-refractivity contribution in [1.82, 2.24) is 0 Å². The maximum atomic E-state index is 13.0. The van der Waals surface area contributed by atoms with Crippen molar-refractivity contribution in [2.24, 2.45) is 0 Å². The van der Waals surface area contributed by atoms with Crippen LogP contribution in [-0.2, 0) is 15.9 Å². The molecule has 0 aliphatic carbocycles. The minimum Gasteiger partial charge on any atom is -0.462 e. The van der Waals surface area contributed by atoms with E-state index in [9.17, 15) is 9.59 Å². The van der Waals surface area contributed by atoms with Crippen molar-refractivity contribution in [1.29, 1.82) is 0 Å². The van der Waals surface area contributed by atoms with Gasteiger partial charge in [-0.05, 0) is 37.3 Å². The molecule has 4 nitrogen and oxygen atoms in total. The monoisotopic (exact) mass is 474 g/mol. The Morgan fingerprint density at radius 1 is 0.588 bits per heavy atom. The molecule has 0 radical (unpaired) electrons. The number of rotatable bonds is 21. The molecule has 34 heavy (non-hydrogen) atoms. The molecule has 1 rings (SSSR count). The van der Waals surface area contributed by atoms with Gasteiger partial charge in [0.15, 0.2) is 0 Å². The Hall–Kier alpha value is -1.84. The number of benzene rings is 1. The molecule has 0 aromatic heterocycles. The first-order chi connectivity index (χ1) is 16.7. The van der Waals surface area contributed by atoms with Crippen LogP contribution in [0.1, 0.15) is 150 Å². The lowest BCUT2D eigenvalue weighted by Crippen LogP contribution is -2.17. The highest BCUT2D eigenvalue weighted by Crippen LogP contribution is 2.21. The lowest BCUT2D eigenvalue weighted by Gasteiger charge is -2.14. The Morgan fingerprint density at radius 3 is 1.65 bits per heavy atom. The van der Waals surface area contributed by atoms with E-state index in [1.807, 2.05) is 12.1 Å². The summed E-state index contributed by atoms with van der Waals surface area (Å²) < 4.78 is 11.2. The fourth-order valence-corrected chi connectivity index (χ4v) is 4.21. The number of esters is 2. The first-order valence-electron chi connectivity index (χ1n) is 14.1. The molecule has 0 unspecified atom stereocenters. The van der Waals surface area contributed by atoms with Crippen molar-refractivity contribution in [2.75, 3.05) is 13.2 Å². The average Bonchev–Trinajstić information content (AvgIpc) is 2.85. The molecule has 0 atom stereocenters. The number of hydrogen-bond donors (Lipinski definition) is 0. The van der Waals surface area contributed by atoms with Crippen molar-refractivity contribution in [3.05, 3.63) is 34.9 Å². The van der Waals surface area contributed by atoms with E-state index in [0.29, 0.717) is 24.3 Å². The third-order valence-electron chi connectivity index (χ3n) is 6.34. The molecule has 1 aromatic carbocycles. The van der Waals surface area contributed by atoms with Crippen LogP contribution in [0, 0.1) is 0 Å². The van der Waals surface area contributed by atoms with Gasteiger partial charge in [-0.15, -0.1) is 0 Å². The van der Waals surface area contributed by atoms with Gasteiger partial charge >= 0.3 is 11.9 Å². The highest BCUT2D eigenvalue weighted by atomic mass is 16.5. The van der Waals surface area contributed by atoms with Gasteiger partial charge in [-0.1, -0.05) is 116 Å². The molecule has 194 valence electrons. The minimum atomic E-state index is -0.406. The van der Waals surface area contributed by atoms with E-state index in [-0.39, 0.29) is 5.97 Å². The van der Waals surface area contributed by atoms with E-state index >= 15 is 0 Å². The maximum absolute atomic E-state index is 13.0. The topological polar surface area (TPSA) is 52.6 Å². The maximum Gasteiger partial charge on any atom is 0.339 e. The molecule has 0 saturated heterocycles. The summed E-state index contributed by atoms with van der Waals surface area (Å²) >= 11 is 0. The van der Waals surface area contributed by atoms with Crippen LogP contribution in [-0.4, -0.2) is 25.2 Å². The first kappa shape index (κ1) is 30.2. The molecular formula is C30H50O4. The molecule has 0 aliphatic heterocycles. The average molecular weight is 475 g/mol. The van der Waals surface area contributed by atoms with Crippen molar-refractivity contribution < 1.29 is 19.1 Å². The SMILES string of the molecule is CCCCCCCCOC(=O)c1cccc(CCCCCCCC)c1C(=O)OCCCCCC. The summed E-state index contributed by atoms with van der Waals surface area (Å²) in [5.41, 5.74) is 1.68.